The highest BCUT2D eigenvalue weighted by molar-refractivity contribution is 7.78. The Kier molecular flexibility index (Phi) is 12.9. The fraction of sp³-hybridized carbons (Fsp3) is 0.650. The highest BCUT2D eigenvalue weighted by atomic mass is 32.1. The van der Waals surface area contributed by atoms with Gasteiger partial charge in [-0.25, -0.2) is 9.78 Å². The number of carbonyl (C=O) groups is 1. The fourth-order valence-corrected chi connectivity index (χ4v) is 2.94. The van der Waals surface area contributed by atoms with Crippen molar-refractivity contribution in [3.8, 4) is 0 Å². The third kappa shape index (κ3) is 11.3. The Bertz CT molecular complexity index is 684. The lowest BCUT2D eigenvalue weighted by Gasteiger charge is -2.22. The average molecular weight is 455 g/mol. The van der Waals surface area contributed by atoms with Gasteiger partial charge in [0.25, 0.3) is 0 Å². The Labute approximate surface area is 187 Å². The van der Waals surface area contributed by atoms with Gasteiger partial charge in [-0.2, -0.15) is 0 Å². The van der Waals surface area contributed by atoms with Crippen molar-refractivity contribution >= 4 is 23.3 Å². The molecule has 1 aliphatic heterocycles. The summed E-state index contributed by atoms with van der Waals surface area (Å²) in [6, 6.07) is 5.01. The van der Waals surface area contributed by atoms with Gasteiger partial charge >= 0.3 is 5.97 Å². The summed E-state index contributed by atoms with van der Waals surface area (Å²) in [4.78, 5) is 17.5. The van der Waals surface area contributed by atoms with Gasteiger partial charge in [0.15, 0.2) is 0 Å². The summed E-state index contributed by atoms with van der Waals surface area (Å²) in [5, 5.41) is 17.3. The van der Waals surface area contributed by atoms with Crippen molar-refractivity contribution in [2.45, 2.75) is 6.54 Å². The zero-order valence-electron chi connectivity index (χ0n) is 17.6. The van der Waals surface area contributed by atoms with Gasteiger partial charge in [-0.3, -0.25) is 9.91 Å². The van der Waals surface area contributed by atoms with Gasteiger partial charge in [0.05, 0.1) is 76.8 Å². The molecule has 0 spiro atoms. The number of isothiocyanates is 1. The predicted octanol–water partition coefficient (Wildman–Crippen LogP) is 0.982. The quantitative estimate of drug-likeness (QED) is 0.523. The lowest BCUT2D eigenvalue weighted by Crippen LogP contribution is -2.32. The second kappa shape index (κ2) is 15.8. The lowest BCUT2D eigenvalue weighted by atomic mass is 10.3. The van der Waals surface area contributed by atoms with Crippen molar-refractivity contribution in [1.29, 1.82) is 0 Å². The summed E-state index contributed by atoms with van der Waals surface area (Å²) in [6.07, 6.45) is 0. The average Bonchev–Trinajstić information content (AvgIpc) is 2.76. The maximum absolute atomic E-state index is 11.2. The van der Waals surface area contributed by atoms with E-state index in [9.17, 15) is 4.79 Å². The van der Waals surface area contributed by atoms with E-state index in [0.29, 0.717) is 91.3 Å². The van der Waals surface area contributed by atoms with Gasteiger partial charge in [-0.1, -0.05) is 6.07 Å². The molecule has 31 heavy (non-hydrogen) atoms. The lowest BCUT2D eigenvalue weighted by molar-refractivity contribution is 0.00741. The van der Waals surface area contributed by atoms with Crippen molar-refractivity contribution in [1.82, 2.24) is 14.9 Å². The molecule has 172 valence electrons. The van der Waals surface area contributed by atoms with Crippen LogP contribution in [0.4, 0.5) is 0 Å². The van der Waals surface area contributed by atoms with Crippen LogP contribution in [-0.4, -0.2) is 110 Å². The number of hydrogen-bond donors (Lipinski definition) is 1. The molecule has 0 unspecified atom stereocenters. The Morgan fingerprint density at radius 3 is 2.03 bits per heavy atom. The molecular formula is C20H30N4O6S. The molecule has 1 fully saturated rings. The van der Waals surface area contributed by atoms with E-state index in [-0.39, 0.29) is 5.69 Å². The van der Waals surface area contributed by atoms with Crippen molar-refractivity contribution < 1.29 is 28.8 Å². The van der Waals surface area contributed by atoms with E-state index in [1.807, 2.05) is 6.07 Å². The molecule has 1 aliphatic rings. The van der Waals surface area contributed by atoms with Crippen LogP contribution < -0.4 is 0 Å². The van der Waals surface area contributed by atoms with Gasteiger partial charge in [-0.15, -0.1) is 5.10 Å². The van der Waals surface area contributed by atoms with Crippen LogP contribution >= 0.6 is 12.2 Å². The molecule has 0 saturated carbocycles. The number of nitrogens with zero attached hydrogens (tertiary/aromatic N) is 4. The van der Waals surface area contributed by atoms with E-state index in [0.717, 1.165) is 0 Å². The normalized spacial score (nSPS) is 19.0. The molecule has 2 rings (SSSR count). The smallest absolute Gasteiger partial charge is 0.354 e. The minimum atomic E-state index is -1.04. The molecular weight excluding hydrogens is 424 g/mol. The highest BCUT2D eigenvalue weighted by Gasteiger charge is 2.11. The highest BCUT2D eigenvalue weighted by Crippen LogP contribution is 2.05. The minimum absolute atomic E-state index is 0.0375. The third-order valence-electron chi connectivity index (χ3n) is 4.43. The van der Waals surface area contributed by atoms with Gasteiger partial charge < -0.3 is 24.1 Å². The summed E-state index contributed by atoms with van der Waals surface area (Å²) in [7, 11) is 0. The van der Waals surface area contributed by atoms with E-state index >= 15 is 0 Å². The molecule has 0 bridgehead atoms. The summed E-state index contributed by atoms with van der Waals surface area (Å²) < 4.78 is 22.5. The van der Waals surface area contributed by atoms with Crippen LogP contribution in [0.1, 0.15) is 16.2 Å². The topological polar surface area (TPSA) is 106 Å². The van der Waals surface area contributed by atoms with Crippen LogP contribution in [0.5, 0.6) is 0 Å². The maximum Gasteiger partial charge on any atom is 0.354 e. The number of carboxylic acids is 1. The van der Waals surface area contributed by atoms with E-state index in [4.69, 9.17) is 24.1 Å². The second-order valence-electron chi connectivity index (χ2n) is 6.69. The standard InChI is InChI=1S/C20H30N4O6S/c25-20(26)19-3-1-2-18(22-19)16-23-4-8-27-12-14-29-10-6-24(21-17-31)7-11-30-15-13-28-9-5-23/h1-3H,4-16H2,(H,25,26). The van der Waals surface area contributed by atoms with E-state index in [1.165, 1.54) is 6.07 Å². The van der Waals surface area contributed by atoms with Gasteiger partial charge in [-0.05, 0) is 24.4 Å². The van der Waals surface area contributed by atoms with E-state index in [2.05, 4.69) is 32.4 Å². The van der Waals surface area contributed by atoms with Crippen molar-refractivity contribution in [2.75, 3.05) is 79.0 Å². The van der Waals surface area contributed by atoms with Crippen LogP contribution in [0.2, 0.25) is 0 Å². The minimum Gasteiger partial charge on any atom is -0.477 e. The number of aromatic carboxylic acids is 1. The molecule has 0 amide bonds. The molecule has 11 heteroatoms. The molecule has 0 atom stereocenters. The largest absolute Gasteiger partial charge is 0.477 e. The zero-order chi connectivity index (χ0) is 22.2. The van der Waals surface area contributed by atoms with Crippen LogP contribution in [0.3, 0.4) is 0 Å². The van der Waals surface area contributed by atoms with Crippen LogP contribution in [0.25, 0.3) is 0 Å². The number of rotatable bonds is 4. The van der Waals surface area contributed by atoms with Crippen molar-refractivity contribution in [3.05, 3.63) is 29.6 Å². The fourth-order valence-electron chi connectivity index (χ4n) is 2.83. The van der Waals surface area contributed by atoms with Gasteiger partial charge in [0, 0.05) is 19.6 Å². The number of carboxylic acid groups (broad SMARTS) is 1. The molecule has 1 N–H and O–H groups in total. The Morgan fingerprint density at radius 2 is 1.52 bits per heavy atom. The van der Waals surface area contributed by atoms with Crippen molar-refractivity contribution in [3.63, 3.8) is 0 Å². The van der Waals surface area contributed by atoms with Crippen LogP contribution in [0, 0.1) is 0 Å². The monoisotopic (exact) mass is 454 g/mol. The molecule has 0 aromatic carbocycles. The second-order valence-corrected chi connectivity index (χ2v) is 6.87. The Hall–Kier alpha value is -1.98. The number of aromatic nitrogens is 1. The zero-order valence-corrected chi connectivity index (χ0v) is 18.4. The summed E-state index contributed by atoms with van der Waals surface area (Å²) in [5.74, 6) is -1.04. The number of ether oxygens (including phenoxy) is 4. The number of hydrogen-bond acceptors (Lipinski definition) is 10. The number of thiocarbonyl (C=S) groups is 1. The molecule has 1 aromatic heterocycles. The molecule has 2 heterocycles. The molecule has 1 saturated heterocycles. The molecule has 10 nitrogen and oxygen atoms in total. The summed E-state index contributed by atoms with van der Waals surface area (Å²) in [6.45, 7) is 7.01. The molecule has 0 aliphatic carbocycles. The van der Waals surface area contributed by atoms with Crippen molar-refractivity contribution in [2.24, 2.45) is 5.10 Å². The summed E-state index contributed by atoms with van der Waals surface area (Å²) >= 11 is 4.67. The molecule has 0 radical (unpaired) electrons. The SMILES string of the molecule is O=C(O)c1cccc(CN2CCOCCOCCN(N=C=S)CCOCCOCC2)n1. The van der Waals surface area contributed by atoms with E-state index < -0.39 is 5.97 Å². The van der Waals surface area contributed by atoms with Crippen LogP contribution in [-0.2, 0) is 25.5 Å². The Balaban J connectivity index is 1.84. The first kappa shape index (κ1) is 25.3. The maximum atomic E-state index is 11.2. The Morgan fingerprint density at radius 1 is 0.968 bits per heavy atom. The first-order valence-electron chi connectivity index (χ1n) is 10.2. The predicted molar refractivity (Wildman–Crippen MR) is 116 cm³/mol. The third-order valence-corrected chi connectivity index (χ3v) is 4.51. The number of pyridine rings is 1. The van der Waals surface area contributed by atoms with Crippen LogP contribution in [0.15, 0.2) is 23.3 Å². The van der Waals surface area contributed by atoms with Gasteiger partial charge in [0.1, 0.15) is 5.69 Å². The molecule has 1 aromatic rings. The van der Waals surface area contributed by atoms with E-state index in [1.54, 1.807) is 11.1 Å². The van der Waals surface area contributed by atoms with Gasteiger partial charge in [0.2, 0.25) is 0 Å². The first-order chi connectivity index (χ1) is 15.2. The first-order valence-corrected chi connectivity index (χ1v) is 10.6. The summed E-state index contributed by atoms with van der Waals surface area (Å²) in [5.41, 5.74) is 0.729. The number of hydrazone groups is 1.